The number of aliphatic hydroxyl groups excluding tert-OH is 1. The van der Waals surface area contributed by atoms with E-state index in [1.54, 1.807) is 0 Å². The summed E-state index contributed by atoms with van der Waals surface area (Å²) in [6, 6.07) is 0. The summed E-state index contributed by atoms with van der Waals surface area (Å²) < 4.78 is 10.8. The van der Waals surface area contributed by atoms with Crippen LogP contribution in [0.2, 0.25) is 0 Å². The molecule has 0 radical (unpaired) electrons. The molecule has 4 heteroatoms. The van der Waals surface area contributed by atoms with E-state index in [1.165, 1.54) is 0 Å². The maximum atomic E-state index is 9.61. The lowest BCUT2D eigenvalue weighted by molar-refractivity contribution is -0.0163. The second-order valence-electron chi connectivity index (χ2n) is 4.34. The fourth-order valence-corrected chi connectivity index (χ4v) is 1.75. The predicted molar refractivity (Wildman–Crippen MR) is 66.7 cm³/mol. The van der Waals surface area contributed by atoms with Gasteiger partial charge in [-0.2, -0.15) is 0 Å². The van der Waals surface area contributed by atoms with Crippen LogP contribution in [0.25, 0.3) is 0 Å². The van der Waals surface area contributed by atoms with Crippen molar-refractivity contribution in [3.8, 4) is 12.3 Å². The molecule has 0 saturated carbocycles. The van der Waals surface area contributed by atoms with Gasteiger partial charge in [0.05, 0.1) is 25.4 Å². The zero-order chi connectivity index (χ0) is 12.3. The molecule has 17 heavy (non-hydrogen) atoms. The van der Waals surface area contributed by atoms with E-state index in [2.05, 4.69) is 11.2 Å². The lowest BCUT2D eigenvalue weighted by Gasteiger charge is -2.14. The average Bonchev–Trinajstić information content (AvgIpc) is 2.82. The molecule has 0 amide bonds. The Hall–Kier alpha value is -0.600. The van der Waals surface area contributed by atoms with E-state index in [9.17, 15) is 5.11 Å². The normalized spacial score (nSPS) is 21.3. The van der Waals surface area contributed by atoms with Crippen LogP contribution < -0.4 is 5.32 Å². The monoisotopic (exact) mass is 241 g/mol. The highest BCUT2D eigenvalue weighted by Gasteiger charge is 2.15. The van der Waals surface area contributed by atoms with Gasteiger partial charge >= 0.3 is 0 Å². The molecule has 1 fully saturated rings. The highest BCUT2D eigenvalue weighted by molar-refractivity contribution is 4.83. The van der Waals surface area contributed by atoms with E-state index >= 15 is 0 Å². The van der Waals surface area contributed by atoms with Crippen molar-refractivity contribution in [3.05, 3.63) is 0 Å². The standard InChI is InChI=1S/C13H23NO3/c1-2-3-4-7-14-9-12(15)10-16-11-13-6-5-8-17-13/h1,12-15H,3-11H2. The second-order valence-corrected chi connectivity index (χ2v) is 4.34. The lowest BCUT2D eigenvalue weighted by Crippen LogP contribution is -2.32. The van der Waals surface area contributed by atoms with Gasteiger partial charge in [-0.1, -0.05) is 0 Å². The molecule has 1 rings (SSSR count). The number of ether oxygens (including phenoxy) is 2. The minimum atomic E-state index is -0.456. The molecule has 98 valence electrons. The quantitative estimate of drug-likeness (QED) is 0.457. The van der Waals surface area contributed by atoms with Gasteiger partial charge < -0.3 is 19.9 Å². The molecule has 2 atom stereocenters. The van der Waals surface area contributed by atoms with Crippen LogP contribution in [0.5, 0.6) is 0 Å². The van der Waals surface area contributed by atoms with Gasteiger partial charge in [0.1, 0.15) is 0 Å². The molecule has 0 aromatic heterocycles. The van der Waals surface area contributed by atoms with Crippen molar-refractivity contribution in [2.24, 2.45) is 0 Å². The van der Waals surface area contributed by atoms with Crippen LogP contribution in [0.3, 0.4) is 0 Å². The van der Waals surface area contributed by atoms with Gasteiger partial charge in [0.2, 0.25) is 0 Å². The maximum Gasteiger partial charge on any atom is 0.0897 e. The summed E-state index contributed by atoms with van der Waals surface area (Å²) in [5.74, 6) is 2.58. The van der Waals surface area contributed by atoms with E-state index < -0.39 is 6.10 Å². The van der Waals surface area contributed by atoms with Crippen molar-refractivity contribution < 1.29 is 14.6 Å². The summed E-state index contributed by atoms with van der Waals surface area (Å²) in [6.45, 7) is 3.19. The third kappa shape index (κ3) is 7.35. The number of nitrogens with one attached hydrogen (secondary N) is 1. The lowest BCUT2D eigenvalue weighted by atomic mass is 10.2. The first-order valence-corrected chi connectivity index (χ1v) is 6.34. The Morgan fingerprint density at radius 2 is 2.47 bits per heavy atom. The van der Waals surface area contributed by atoms with Crippen molar-refractivity contribution >= 4 is 0 Å². The summed E-state index contributed by atoms with van der Waals surface area (Å²) in [6.07, 6.45) is 8.82. The Morgan fingerprint density at radius 3 is 3.18 bits per heavy atom. The van der Waals surface area contributed by atoms with Crippen LogP contribution in [-0.4, -0.2) is 50.2 Å². The molecule has 4 nitrogen and oxygen atoms in total. The Bertz CT molecular complexity index is 221. The number of aliphatic hydroxyl groups is 1. The second kappa shape index (κ2) is 9.43. The summed E-state index contributed by atoms with van der Waals surface area (Å²) in [5, 5.41) is 12.8. The van der Waals surface area contributed by atoms with Crippen LogP contribution in [0.1, 0.15) is 25.7 Å². The summed E-state index contributed by atoms with van der Waals surface area (Å²) in [4.78, 5) is 0. The van der Waals surface area contributed by atoms with Gasteiger partial charge in [-0.25, -0.2) is 0 Å². The molecule has 1 aliphatic heterocycles. The fourth-order valence-electron chi connectivity index (χ4n) is 1.75. The molecule has 0 aliphatic carbocycles. The number of hydrogen-bond acceptors (Lipinski definition) is 4. The van der Waals surface area contributed by atoms with Crippen molar-refractivity contribution in [2.45, 2.75) is 37.9 Å². The van der Waals surface area contributed by atoms with Crippen molar-refractivity contribution in [1.82, 2.24) is 5.32 Å². The van der Waals surface area contributed by atoms with Crippen LogP contribution in [-0.2, 0) is 9.47 Å². The Morgan fingerprint density at radius 1 is 1.59 bits per heavy atom. The Labute approximate surface area is 104 Å². The Kier molecular flexibility index (Phi) is 8.02. The first-order valence-electron chi connectivity index (χ1n) is 6.34. The van der Waals surface area contributed by atoms with Gasteiger partial charge in [-0.3, -0.25) is 0 Å². The predicted octanol–water partition coefficient (Wildman–Crippen LogP) is 0.546. The number of hydrogen-bond donors (Lipinski definition) is 2. The molecule has 2 N–H and O–H groups in total. The van der Waals surface area contributed by atoms with E-state index in [1.807, 2.05) is 0 Å². The molecule has 2 unspecified atom stereocenters. The van der Waals surface area contributed by atoms with E-state index in [0.29, 0.717) is 19.8 Å². The molecule has 0 aromatic carbocycles. The Balaban J connectivity index is 1.86. The van der Waals surface area contributed by atoms with E-state index in [0.717, 1.165) is 38.8 Å². The maximum absolute atomic E-state index is 9.61. The molecule has 1 heterocycles. The SMILES string of the molecule is C#CCCCNCC(O)COCC1CCCO1. The molecule has 1 saturated heterocycles. The van der Waals surface area contributed by atoms with Crippen LogP contribution >= 0.6 is 0 Å². The van der Waals surface area contributed by atoms with Gasteiger partial charge in [0.15, 0.2) is 0 Å². The fraction of sp³-hybridized carbons (Fsp3) is 0.846. The van der Waals surface area contributed by atoms with E-state index in [4.69, 9.17) is 15.9 Å². The van der Waals surface area contributed by atoms with Gasteiger partial charge in [0, 0.05) is 19.6 Å². The molecule has 0 bridgehead atoms. The molecular formula is C13H23NO3. The zero-order valence-electron chi connectivity index (χ0n) is 10.4. The van der Waals surface area contributed by atoms with Crippen molar-refractivity contribution in [3.63, 3.8) is 0 Å². The minimum absolute atomic E-state index is 0.228. The van der Waals surface area contributed by atoms with Crippen LogP contribution in [0, 0.1) is 12.3 Å². The largest absolute Gasteiger partial charge is 0.389 e. The zero-order valence-corrected chi connectivity index (χ0v) is 10.4. The van der Waals surface area contributed by atoms with Crippen molar-refractivity contribution in [1.29, 1.82) is 0 Å². The molecule has 1 aliphatic rings. The number of unbranched alkanes of at least 4 members (excludes halogenated alkanes) is 1. The molecule has 0 aromatic rings. The van der Waals surface area contributed by atoms with Gasteiger partial charge in [0.25, 0.3) is 0 Å². The summed E-state index contributed by atoms with van der Waals surface area (Å²) in [5.41, 5.74) is 0. The minimum Gasteiger partial charge on any atom is -0.389 e. The van der Waals surface area contributed by atoms with Crippen LogP contribution in [0.4, 0.5) is 0 Å². The smallest absolute Gasteiger partial charge is 0.0897 e. The van der Waals surface area contributed by atoms with Crippen molar-refractivity contribution in [2.75, 3.05) is 32.9 Å². The average molecular weight is 241 g/mol. The topological polar surface area (TPSA) is 50.7 Å². The van der Waals surface area contributed by atoms with E-state index in [-0.39, 0.29) is 6.10 Å². The highest BCUT2D eigenvalue weighted by atomic mass is 16.5. The highest BCUT2D eigenvalue weighted by Crippen LogP contribution is 2.11. The first kappa shape index (κ1) is 14.5. The van der Waals surface area contributed by atoms with Gasteiger partial charge in [-0.05, 0) is 25.8 Å². The molecule has 0 spiro atoms. The summed E-state index contributed by atoms with van der Waals surface area (Å²) in [7, 11) is 0. The molecular weight excluding hydrogens is 218 g/mol. The summed E-state index contributed by atoms with van der Waals surface area (Å²) >= 11 is 0. The number of terminal acetylenes is 1. The third-order valence-corrected chi connectivity index (χ3v) is 2.69. The first-order chi connectivity index (χ1) is 8.33. The van der Waals surface area contributed by atoms with Gasteiger partial charge in [-0.15, -0.1) is 12.3 Å². The number of rotatable bonds is 9. The van der Waals surface area contributed by atoms with Crippen LogP contribution in [0.15, 0.2) is 0 Å². The third-order valence-electron chi connectivity index (χ3n) is 2.69.